The van der Waals surface area contributed by atoms with Crippen LogP contribution in [0.25, 0.3) is 0 Å². The van der Waals surface area contributed by atoms with Gasteiger partial charge in [-0.25, -0.2) is 0 Å². The van der Waals surface area contributed by atoms with Crippen molar-refractivity contribution in [2.24, 2.45) is 0 Å². The molecule has 0 heterocycles. The van der Waals surface area contributed by atoms with E-state index in [-0.39, 0.29) is 11.9 Å². The fraction of sp³-hybridized carbons (Fsp3) is 0.333. The molecule has 164 valence electrons. The van der Waals surface area contributed by atoms with Gasteiger partial charge in [-0.15, -0.1) is 0 Å². The molecule has 0 saturated heterocycles. The molecule has 3 aromatic carbocycles. The van der Waals surface area contributed by atoms with E-state index in [2.05, 4.69) is 68.4 Å². The van der Waals surface area contributed by atoms with Crippen LogP contribution in [0.15, 0.2) is 72.8 Å². The van der Waals surface area contributed by atoms with Crippen LogP contribution in [0.2, 0.25) is 0 Å². The summed E-state index contributed by atoms with van der Waals surface area (Å²) < 4.78 is 11.5. The molecule has 0 aliphatic carbocycles. The van der Waals surface area contributed by atoms with E-state index in [1.54, 1.807) is 7.11 Å². The summed E-state index contributed by atoms with van der Waals surface area (Å²) in [6, 6.07) is 25.1. The third-order valence-electron chi connectivity index (χ3n) is 5.78. The van der Waals surface area contributed by atoms with E-state index in [1.165, 1.54) is 16.4 Å². The summed E-state index contributed by atoms with van der Waals surface area (Å²) >= 11 is 0. The first kappa shape index (κ1) is 23.5. The molecule has 4 heteroatoms. The van der Waals surface area contributed by atoms with E-state index in [0.29, 0.717) is 8.58 Å². The zero-order valence-corrected chi connectivity index (χ0v) is 19.9. The Bertz CT molecular complexity index is 971. The molecule has 0 spiro atoms. The zero-order valence-electron chi connectivity index (χ0n) is 18.9. The number of hydrogen-bond acceptors (Lipinski definition) is 3. The first-order chi connectivity index (χ1) is 15.0. The zero-order chi connectivity index (χ0) is 22.3. The molecule has 3 rings (SSSR count). The number of benzene rings is 3. The molecule has 3 aromatic rings. The van der Waals surface area contributed by atoms with E-state index >= 15 is 0 Å². The van der Waals surface area contributed by atoms with Gasteiger partial charge in [0.05, 0.1) is 6.10 Å². The summed E-state index contributed by atoms with van der Waals surface area (Å²) in [5.74, 6) is 0.916. The van der Waals surface area contributed by atoms with Crippen LogP contribution < -0.4 is 10.0 Å². The van der Waals surface area contributed by atoms with Crippen molar-refractivity contribution in [3.63, 3.8) is 0 Å². The molecule has 3 atom stereocenters. The van der Waals surface area contributed by atoms with Gasteiger partial charge in [0.15, 0.2) is 6.79 Å². The Hall–Kier alpha value is -2.19. The number of rotatable bonds is 10. The number of aliphatic hydroxyl groups is 1. The van der Waals surface area contributed by atoms with Gasteiger partial charge >= 0.3 is 0 Å². The molecule has 31 heavy (non-hydrogen) atoms. The van der Waals surface area contributed by atoms with Crippen LogP contribution in [0.3, 0.4) is 0 Å². The molecule has 3 nitrogen and oxygen atoms in total. The molecular weight excluding hydrogens is 403 g/mol. The Morgan fingerprint density at radius 1 is 0.968 bits per heavy atom. The third kappa shape index (κ3) is 5.74. The average Bonchev–Trinajstić information content (AvgIpc) is 2.79. The maximum absolute atomic E-state index is 10.3. The molecule has 0 bridgehead atoms. The van der Waals surface area contributed by atoms with Crippen molar-refractivity contribution in [2.45, 2.75) is 44.9 Å². The minimum Gasteiger partial charge on any atom is -0.467 e. The molecule has 1 N–H and O–H groups in total. The lowest BCUT2D eigenvalue weighted by molar-refractivity contribution is 0.0494. The Morgan fingerprint density at radius 3 is 2.35 bits per heavy atom. The highest BCUT2D eigenvalue weighted by molar-refractivity contribution is 7.48. The van der Waals surface area contributed by atoms with Crippen LogP contribution >= 0.6 is 8.58 Å². The number of ether oxygens (including phenoxy) is 2. The van der Waals surface area contributed by atoms with Crippen LogP contribution in [0.4, 0.5) is 0 Å². The fourth-order valence-electron chi connectivity index (χ4n) is 3.88. The smallest absolute Gasteiger partial charge is 0.188 e. The quantitative estimate of drug-likeness (QED) is 0.316. The highest BCUT2D eigenvalue weighted by atomic mass is 31.1. The topological polar surface area (TPSA) is 38.7 Å². The maximum atomic E-state index is 10.3. The lowest BCUT2D eigenvalue weighted by Gasteiger charge is -2.33. The normalized spacial score (nSPS) is 14.5. The van der Waals surface area contributed by atoms with E-state index in [4.69, 9.17) is 9.47 Å². The fourth-order valence-corrected chi connectivity index (χ4v) is 5.60. The Morgan fingerprint density at radius 2 is 1.68 bits per heavy atom. The Balaban J connectivity index is 2.04. The van der Waals surface area contributed by atoms with Gasteiger partial charge in [-0.05, 0) is 35.3 Å². The van der Waals surface area contributed by atoms with Crippen LogP contribution in [0, 0.1) is 0 Å². The summed E-state index contributed by atoms with van der Waals surface area (Å²) in [4.78, 5) is 0. The second-order valence-electron chi connectivity index (χ2n) is 8.08. The first-order valence-corrected chi connectivity index (χ1v) is 11.8. The second-order valence-corrected chi connectivity index (χ2v) is 9.97. The van der Waals surface area contributed by atoms with E-state index in [9.17, 15) is 5.11 Å². The highest BCUT2D eigenvalue weighted by Crippen LogP contribution is 2.49. The van der Waals surface area contributed by atoms with Gasteiger partial charge in [-0.1, -0.05) is 95.2 Å². The van der Waals surface area contributed by atoms with Crippen molar-refractivity contribution >= 4 is 13.9 Å². The molecule has 3 unspecified atom stereocenters. The predicted octanol–water partition coefficient (Wildman–Crippen LogP) is 5.94. The number of methoxy groups -OCH3 is 1. The molecular formula is C27H33O3P. The SMILES string of the molecule is CCC(C)(Pc1ccccc1C(C)O)c1cccc(Cc2ccccc2)c1OCOC. The van der Waals surface area contributed by atoms with E-state index < -0.39 is 6.10 Å². The molecule has 0 saturated carbocycles. The first-order valence-electron chi connectivity index (χ1n) is 10.8. The highest BCUT2D eigenvalue weighted by Gasteiger charge is 2.31. The summed E-state index contributed by atoms with van der Waals surface area (Å²) in [5.41, 5.74) is 4.61. The standard InChI is InChI=1S/C27H33O3P/c1-5-27(3,31-25-17-10-9-15-23(25)20(2)28)24-16-11-14-22(26(24)30-19-29-4)18-21-12-7-6-8-13-21/h6-17,20,28,31H,5,18-19H2,1-4H3. The van der Waals surface area contributed by atoms with Crippen LogP contribution in [0.5, 0.6) is 5.75 Å². The molecule has 0 aliphatic rings. The van der Waals surface area contributed by atoms with Crippen LogP contribution in [-0.2, 0) is 16.3 Å². The second kappa shape index (κ2) is 10.9. The largest absolute Gasteiger partial charge is 0.467 e. The molecule has 0 amide bonds. The van der Waals surface area contributed by atoms with Gasteiger partial charge in [0.1, 0.15) is 5.75 Å². The summed E-state index contributed by atoms with van der Waals surface area (Å²) in [6.45, 7) is 6.57. The lowest BCUT2D eigenvalue weighted by Crippen LogP contribution is -2.22. The Labute approximate surface area is 188 Å². The van der Waals surface area contributed by atoms with Gasteiger partial charge in [0, 0.05) is 24.3 Å². The minimum absolute atomic E-state index is 0.124. The van der Waals surface area contributed by atoms with E-state index in [1.807, 2.05) is 25.1 Å². The maximum Gasteiger partial charge on any atom is 0.188 e. The summed E-state index contributed by atoms with van der Waals surface area (Å²) in [6.07, 6.45) is 1.27. The van der Waals surface area contributed by atoms with Gasteiger partial charge < -0.3 is 14.6 Å². The monoisotopic (exact) mass is 436 g/mol. The third-order valence-corrected chi connectivity index (χ3v) is 7.68. The molecule has 0 aromatic heterocycles. The van der Waals surface area contributed by atoms with E-state index in [0.717, 1.165) is 29.7 Å². The van der Waals surface area contributed by atoms with Crippen molar-refractivity contribution in [2.75, 3.05) is 13.9 Å². The van der Waals surface area contributed by atoms with Crippen molar-refractivity contribution in [3.8, 4) is 5.75 Å². The summed E-state index contributed by atoms with van der Waals surface area (Å²) in [5, 5.41) is 11.4. The van der Waals surface area contributed by atoms with Crippen molar-refractivity contribution in [3.05, 3.63) is 95.1 Å². The minimum atomic E-state index is -0.488. The Kier molecular flexibility index (Phi) is 8.26. The number of para-hydroxylation sites is 1. The average molecular weight is 437 g/mol. The number of aliphatic hydroxyl groups excluding tert-OH is 1. The van der Waals surface area contributed by atoms with Crippen LogP contribution in [-0.4, -0.2) is 19.0 Å². The van der Waals surface area contributed by atoms with Crippen molar-refractivity contribution in [1.29, 1.82) is 0 Å². The number of hydrogen-bond donors (Lipinski definition) is 1. The van der Waals surface area contributed by atoms with Gasteiger partial charge in [-0.2, -0.15) is 0 Å². The van der Waals surface area contributed by atoms with Gasteiger partial charge in [0.25, 0.3) is 0 Å². The molecule has 0 fully saturated rings. The summed E-state index contributed by atoms with van der Waals surface area (Å²) in [7, 11) is 2.15. The lowest BCUT2D eigenvalue weighted by atomic mass is 9.92. The molecule has 0 aliphatic heterocycles. The van der Waals surface area contributed by atoms with Crippen molar-refractivity contribution in [1.82, 2.24) is 0 Å². The van der Waals surface area contributed by atoms with Crippen LogP contribution in [0.1, 0.15) is 55.5 Å². The predicted molar refractivity (Wildman–Crippen MR) is 131 cm³/mol. The van der Waals surface area contributed by atoms with Crippen molar-refractivity contribution < 1.29 is 14.6 Å². The van der Waals surface area contributed by atoms with Gasteiger partial charge in [-0.3, -0.25) is 0 Å². The molecule has 0 radical (unpaired) electrons. The van der Waals surface area contributed by atoms with Gasteiger partial charge in [0.2, 0.25) is 0 Å².